The molecule has 5 nitrogen and oxygen atoms in total. The Bertz CT molecular complexity index is 339. The highest BCUT2D eigenvalue weighted by molar-refractivity contribution is 6.30. The first-order valence-corrected chi connectivity index (χ1v) is 5.72. The van der Waals surface area contributed by atoms with Crippen molar-refractivity contribution < 1.29 is 4.79 Å². The third-order valence-corrected chi connectivity index (χ3v) is 2.43. The molecule has 1 aromatic heterocycles. The Labute approximate surface area is 99.9 Å². The molecule has 1 heterocycles. The summed E-state index contributed by atoms with van der Waals surface area (Å²) in [5.41, 5.74) is 5.29. The first kappa shape index (κ1) is 13.0. The van der Waals surface area contributed by atoms with Gasteiger partial charge in [-0.3, -0.25) is 9.48 Å². The van der Waals surface area contributed by atoms with Gasteiger partial charge in [0.15, 0.2) is 0 Å². The number of rotatable bonds is 7. The number of carbonyl (C=O) groups excluding carboxylic acids is 1. The van der Waals surface area contributed by atoms with Crippen molar-refractivity contribution in [3.8, 4) is 0 Å². The van der Waals surface area contributed by atoms with Crippen molar-refractivity contribution >= 4 is 17.5 Å². The number of amides is 1. The van der Waals surface area contributed by atoms with Crippen molar-refractivity contribution in [2.45, 2.75) is 32.4 Å². The van der Waals surface area contributed by atoms with E-state index in [1.165, 1.54) is 0 Å². The van der Waals surface area contributed by atoms with Crippen LogP contribution >= 0.6 is 11.6 Å². The van der Waals surface area contributed by atoms with Crippen LogP contribution in [0.4, 0.5) is 0 Å². The van der Waals surface area contributed by atoms with Gasteiger partial charge in [-0.05, 0) is 19.4 Å². The number of nitrogens with zero attached hydrogens (tertiary/aromatic N) is 2. The molecule has 1 unspecified atom stereocenters. The highest BCUT2D eigenvalue weighted by Gasteiger charge is 2.13. The summed E-state index contributed by atoms with van der Waals surface area (Å²) in [5, 5.41) is 7.72. The highest BCUT2D eigenvalue weighted by atomic mass is 35.5. The van der Waals surface area contributed by atoms with E-state index in [1.54, 1.807) is 17.1 Å². The zero-order valence-electron chi connectivity index (χ0n) is 9.32. The fourth-order valence-corrected chi connectivity index (χ4v) is 1.54. The summed E-state index contributed by atoms with van der Waals surface area (Å²) in [4.78, 5) is 11.1. The molecule has 0 aliphatic rings. The minimum atomic E-state index is -0.327. The zero-order chi connectivity index (χ0) is 12.0. The average Bonchev–Trinajstić information content (AvgIpc) is 2.64. The van der Waals surface area contributed by atoms with Crippen LogP contribution in [-0.4, -0.2) is 28.3 Å². The van der Waals surface area contributed by atoms with E-state index in [9.17, 15) is 4.79 Å². The second-order valence-electron chi connectivity index (χ2n) is 3.62. The van der Waals surface area contributed by atoms with E-state index in [4.69, 9.17) is 17.3 Å². The Kier molecular flexibility index (Phi) is 5.28. The maximum atomic E-state index is 11.1. The summed E-state index contributed by atoms with van der Waals surface area (Å²) in [5.74, 6) is -0.327. The molecule has 0 aliphatic carbocycles. The van der Waals surface area contributed by atoms with Gasteiger partial charge in [0.25, 0.3) is 0 Å². The molecule has 0 radical (unpaired) electrons. The number of aryl methyl sites for hydroxylation is 1. The molecule has 1 aromatic rings. The SMILES string of the molecule is CCCNC(CCn1cc(Cl)cn1)C(N)=O. The number of nitrogens with one attached hydrogen (secondary N) is 1. The van der Waals surface area contributed by atoms with Crippen LogP contribution in [0.5, 0.6) is 0 Å². The number of hydrogen-bond acceptors (Lipinski definition) is 3. The molecule has 3 N–H and O–H groups in total. The third kappa shape index (κ3) is 4.20. The van der Waals surface area contributed by atoms with Crippen LogP contribution in [0.1, 0.15) is 19.8 Å². The summed E-state index contributed by atoms with van der Waals surface area (Å²) >= 11 is 5.73. The molecule has 1 rings (SSSR count). The largest absolute Gasteiger partial charge is 0.368 e. The van der Waals surface area contributed by atoms with Gasteiger partial charge in [-0.2, -0.15) is 5.10 Å². The van der Waals surface area contributed by atoms with Gasteiger partial charge in [-0.25, -0.2) is 0 Å². The number of hydrogen-bond donors (Lipinski definition) is 2. The first-order chi connectivity index (χ1) is 7.63. The number of primary amides is 1. The van der Waals surface area contributed by atoms with Gasteiger partial charge >= 0.3 is 0 Å². The van der Waals surface area contributed by atoms with Gasteiger partial charge in [0.05, 0.1) is 17.3 Å². The molecule has 90 valence electrons. The Morgan fingerprint density at radius 1 is 1.75 bits per heavy atom. The van der Waals surface area contributed by atoms with Gasteiger partial charge in [-0.1, -0.05) is 18.5 Å². The lowest BCUT2D eigenvalue weighted by molar-refractivity contribution is -0.120. The molecule has 0 bridgehead atoms. The normalized spacial score (nSPS) is 12.6. The Morgan fingerprint density at radius 2 is 2.50 bits per heavy atom. The topological polar surface area (TPSA) is 72.9 Å². The molecule has 6 heteroatoms. The molecule has 0 saturated heterocycles. The van der Waals surface area contributed by atoms with Crippen LogP contribution < -0.4 is 11.1 Å². The predicted molar refractivity (Wildman–Crippen MR) is 63.1 cm³/mol. The van der Waals surface area contributed by atoms with E-state index in [-0.39, 0.29) is 11.9 Å². The zero-order valence-corrected chi connectivity index (χ0v) is 10.1. The summed E-state index contributed by atoms with van der Waals surface area (Å²) in [6, 6.07) is -0.303. The summed E-state index contributed by atoms with van der Waals surface area (Å²) < 4.78 is 1.70. The minimum absolute atomic E-state index is 0.303. The van der Waals surface area contributed by atoms with Crippen molar-refractivity contribution in [3.05, 3.63) is 17.4 Å². The Hall–Kier alpha value is -1.07. The van der Waals surface area contributed by atoms with Crippen molar-refractivity contribution in [2.24, 2.45) is 5.73 Å². The second-order valence-corrected chi connectivity index (χ2v) is 4.06. The van der Waals surface area contributed by atoms with Gasteiger partial charge in [0.1, 0.15) is 0 Å². The van der Waals surface area contributed by atoms with Crippen molar-refractivity contribution in [1.29, 1.82) is 0 Å². The van der Waals surface area contributed by atoms with Crippen LogP contribution in [0.25, 0.3) is 0 Å². The van der Waals surface area contributed by atoms with E-state index in [1.807, 2.05) is 6.92 Å². The predicted octanol–water partition coefficient (Wildman–Crippen LogP) is 0.780. The number of aromatic nitrogens is 2. The molecule has 0 fully saturated rings. The maximum absolute atomic E-state index is 11.1. The van der Waals surface area contributed by atoms with Crippen LogP contribution in [0.2, 0.25) is 5.02 Å². The third-order valence-electron chi connectivity index (χ3n) is 2.23. The molecule has 0 aromatic carbocycles. The van der Waals surface area contributed by atoms with Gasteiger partial charge in [-0.15, -0.1) is 0 Å². The fraction of sp³-hybridized carbons (Fsp3) is 0.600. The molecule has 1 amide bonds. The summed E-state index contributed by atoms with van der Waals surface area (Å²) in [6.07, 6.45) is 4.88. The van der Waals surface area contributed by atoms with Crippen LogP contribution in [0.15, 0.2) is 12.4 Å². The number of halogens is 1. The lowest BCUT2D eigenvalue weighted by Gasteiger charge is -2.14. The van der Waals surface area contributed by atoms with E-state index in [2.05, 4.69) is 10.4 Å². The summed E-state index contributed by atoms with van der Waals surface area (Å²) in [7, 11) is 0. The average molecular weight is 245 g/mol. The Balaban J connectivity index is 2.40. The lowest BCUT2D eigenvalue weighted by Crippen LogP contribution is -2.42. The highest BCUT2D eigenvalue weighted by Crippen LogP contribution is 2.05. The maximum Gasteiger partial charge on any atom is 0.234 e. The number of carbonyl (C=O) groups is 1. The lowest BCUT2D eigenvalue weighted by atomic mass is 10.2. The second kappa shape index (κ2) is 6.50. The van der Waals surface area contributed by atoms with Crippen LogP contribution in [0.3, 0.4) is 0 Å². The monoisotopic (exact) mass is 244 g/mol. The van der Waals surface area contributed by atoms with Crippen molar-refractivity contribution in [2.75, 3.05) is 6.54 Å². The van der Waals surface area contributed by atoms with Crippen molar-refractivity contribution in [3.63, 3.8) is 0 Å². The van der Waals surface area contributed by atoms with Gasteiger partial charge in [0, 0.05) is 12.7 Å². The van der Waals surface area contributed by atoms with Crippen molar-refractivity contribution in [1.82, 2.24) is 15.1 Å². The van der Waals surface area contributed by atoms with Crippen LogP contribution in [0, 0.1) is 0 Å². The molecule has 0 aliphatic heterocycles. The molecule has 0 spiro atoms. The smallest absolute Gasteiger partial charge is 0.234 e. The summed E-state index contributed by atoms with van der Waals surface area (Å²) in [6.45, 7) is 3.45. The quantitative estimate of drug-likeness (QED) is 0.745. The molecule has 0 saturated carbocycles. The molecular formula is C10H17ClN4O. The van der Waals surface area contributed by atoms with E-state index in [0.717, 1.165) is 13.0 Å². The number of nitrogens with two attached hydrogens (primary N) is 1. The Morgan fingerprint density at radius 3 is 3.00 bits per heavy atom. The van der Waals surface area contributed by atoms with Crippen LogP contribution in [-0.2, 0) is 11.3 Å². The van der Waals surface area contributed by atoms with E-state index in [0.29, 0.717) is 18.0 Å². The van der Waals surface area contributed by atoms with Gasteiger partial charge < -0.3 is 11.1 Å². The first-order valence-electron chi connectivity index (χ1n) is 5.34. The standard InChI is InChI=1S/C10H17ClN4O/c1-2-4-13-9(10(12)16)3-5-15-7-8(11)6-14-15/h6-7,9,13H,2-5H2,1H3,(H2,12,16). The van der Waals surface area contributed by atoms with Gasteiger partial charge in [0.2, 0.25) is 5.91 Å². The molecule has 1 atom stereocenters. The molecular weight excluding hydrogens is 228 g/mol. The molecule has 16 heavy (non-hydrogen) atoms. The fourth-order valence-electron chi connectivity index (χ4n) is 1.39. The van der Waals surface area contributed by atoms with E-state index >= 15 is 0 Å². The van der Waals surface area contributed by atoms with E-state index < -0.39 is 0 Å². The minimum Gasteiger partial charge on any atom is -0.368 e.